The summed E-state index contributed by atoms with van der Waals surface area (Å²) in [6, 6.07) is 2.31. The molecule has 1 heterocycles. The zero-order valence-corrected chi connectivity index (χ0v) is 12.5. The van der Waals surface area contributed by atoms with Crippen molar-refractivity contribution in [2.45, 2.75) is 31.6 Å². The van der Waals surface area contributed by atoms with E-state index in [1.54, 1.807) is 5.56 Å². The van der Waals surface area contributed by atoms with Gasteiger partial charge in [-0.3, -0.25) is 0 Å². The van der Waals surface area contributed by atoms with Crippen LogP contribution in [0.4, 0.5) is 0 Å². The third kappa shape index (κ3) is 2.10. The molecule has 0 radical (unpaired) electrons. The average Bonchev–Trinajstić information content (AvgIpc) is 2.28. The standard InChI is InChI=1S/C15H18I/c1-10-9-11(2)13(4)15(12(10)3)14-7-5-6-8-16-14/h5-9,14H,1-4H3/q-1. The Bertz CT molecular complexity index is 441. The first kappa shape index (κ1) is 11.9. The van der Waals surface area contributed by atoms with E-state index in [2.05, 4.69) is 56.1 Å². The Hall–Kier alpha value is -0.570. The van der Waals surface area contributed by atoms with Gasteiger partial charge < -0.3 is 0 Å². The molecule has 0 aromatic heterocycles. The van der Waals surface area contributed by atoms with Crippen molar-refractivity contribution >= 4 is 0 Å². The van der Waals surface area contributed by atoms with Crippen LogP contribution < -0.4 is 21.2 Å². The molecule has 0 amide bonds. The predicted molar refractivity (Wildman–Crippen MR) is 66.4 cm³/mol. The van der Waals surface area contributed by atoms with Crippen LogP contribution in [0, 0.1) is 27.7 Å². The van der Waals surface area contributed by atoms with Crippen molar-refractivity contribution in [3.05, 3.63) is 56.2 Å². The maximum absolute atomic E-state index is 2.38. The van der Waals surface area contributed by atoms with Crippen molar-refractivity contribution in [1.82, 2.24) is 0 Å². The molecular weight excluding hydrogens is 307 g/mol. The molecule has 0 N–H and O–H groups in total. The molecule has 0 nitrogen and oxygen atoms in total. The van der Waals surface area contributed by atoms with Gasteiger partial charge in [-0.05, 0) is 0 Å². The molecule has 0 saturated carbocycles. The van der Waals surface area contributed by atoms with Crippen LogP contribution in [0.15, 0.2) is 28.4 Å². The first-order valence-electron chi connectivity index (χ1n) is 5.64. The van der Waals surface area contributed by atoms with E-state index >= 15 is 0 Å². The molecule has 1 aliphatic heterocycles. The van der Waals surface area contributed by atoms with Gasteiger partial charge in [-0.25, -0.2) is 0 Å². The van der Waals surface area contributed by atoms with Crippen LogP contribution in [0.5, 0.6) is 0 Å². The second-order valence-corrected chi connectivity index (χ2v) is 7.19. The van der Waals surface area contributed by atoms with Crippen molar-refractivity contribution in [1.29, 1.82) is 0 Å². The molecule has 0 spiro atoms. The number of halogens is 1. The molecular formula is C15H18I-. The van der Waals surface area contributed by atoms with Gasteiger partial charge in [-0.2, -0.15) is 0 Å². The van der Waals surface area contributed by atoms with Gasteiger partial charge in [0, 0.05) is 0 Å². The monoisotopic (exact) mass is 325 g/mol. The number of alkyl halides is 1. The summed E-state index contributed by atoms with van der Waals surface area (Å²) in [6.45, 7) is 9.00. The zero-order valence-electron chi connectivity index (χ0n) is 10.3. The molecule has 16 heavy (non-hydrogen) atoms. The van der Waals surface area contributed by atoms with Gasteiger partial charge in [0.15, 0.2) is 0 Å². The second kappa shape index (κ2) is 4.74. The van der Waals surface area contributed by atoms with Gasteiger partial charge in [0.2, 0.25) is 0 Å². The van der Waals surface area contributed by atoms with Crippen LogP contribution in [-0.4, -0.2) is 0 Å². The summed E-state index contributed by atoms with van der Waals surface area (Å²) < 4.78 is 3.06. The van der Waals surface area contributed by atoms with Crippen molar-refractivity contribution in [2.75, 3.05) is 0 Å². The number of benzene rings is 1. The average molecular weight is 325 g/mol. The summed E-state index contributed by atoms with van der Waals surface area (Å²) in [4.78, 5) is 0. The van der Waals surface area contributed by atoms with Gasteiger partial charge in [0.05, 0.1) is 0 Å². The molecule has 1 unspecified atom stereocenters. The molecule has 1 atom stereocenters. The van der Waals surface area contributed by atoms with Gasteiger partial charge in [0.25, 0.3) is 0 Å². The van der Waals surface area contributed by atoms with Gasteiger partial charge in [-0.15, -0.1) is 0 Å². The summed E-state index contributed by atoms with van der Waals surface area (Å²) in [5.74, 6) is 0. The fourth-order valence-corrected chi connectivity index (χ4v) is 4.89. The van der Waals surface area contributed by atoms with E-state index in [1.165, 1.54) is 22.3 Å². The summed E-state index contributed by atoms with van der Waals surface area (Å²) >= 11 is 0.144. The third-order valence-corrected chi connectivity index (χ3v) is 6.02. The van der Waals surface area contributed by atoms with Crippen LogP contribution in [0.1, 0.15) is 31.7 Å². The second-order valence-electron chi connectivity index (χ2n) is 4.41. The first-order valence-corrected chi connectivity index (χ1v) is 8.13. The molecule has 0 fully saturated rings. The third-order valence-electron chi connectivity index (χ3n) is 3.37. The number of aryl methyl sites for hydroxylation is 2. The Morgan fingerprint density at radius 2 is 1.56 bits per heavy atom. The van der Waals surface area contributed by atoms with Crippen molar-refractivity contribution < 1.29 is 21.2 Å². The zero-order chi connectivity index (χ0) is 11.7. The molecule has 1 heteroatoms. The van der Waals surface area contributed by atoms with E-state index in [9.17, 15) is 0 Å². The maximum atomic E-state index is 2.38. The Kier molecular flexibility index (Phi) is 3.53. The fraction of sp³-hybridized carbons (Fsp3) is 0.333. The van der Waals surface area contributed by atoms with Crippen LogP contribution in [0.3, 0.4) is 0 Å². The summed E-state index contributed by atoms with van der Waals surface area (Å²) in [5, 5.41) is 0. The molecule has 1 aliphatic rings. The number of rotatable bonds is 1. The van der Waals surface area contributed by atoms with Crippen molar-refractivity contribution in [3.63, 3.8) is 0 Å². The van der Waals surface area contributed by atoms with Gasteiger partial charge in [-0.1, -0.05) is 0 Å². The van der Waals surface area contributed by atoms with Gasteiger partial charge in [0.1, 0.15) is 0 Å². The topological polar surface area (TPSA) is 0 Å². The van der Waals surface area contributed by atoms with E-state index in [4.69, 9.17) is 0 Å². The molecule has 86 valence electrons. The van der Waals surface area contributed by atoms with E-state index in [0.29, 0.717) is 3.92 Å². The normalized spacial score (nSPS) is 19.6. The summed E-state index contributed by atoms with van der Waals surface area (Å²) in [7, 11) is 0. The number of allylic oxidation sites excluding steroid dienone is 3. The fourth-order valence-electron chi connectivity index (χ4n) is 2.19. The van der Waals surface area contributed by atoms with Crippen LogP contribution >= 0.6 is 0 Å². The Morgan fingerprint density at radius 1 is 0.938 bits per heavy atom. The summed E-state index contributed by atoms with van der Waals surface area (Å²) in [6.07, 6.45) is 6.77. The first-order chi connectivity index (χ1) is 7.61. The minimum atomic E-state index is 0.144. The quantitative estimate of drug-likeness (QED) is 0.537. The number of hydrogen-bond donors (Lipinski definition) is 0. The Balaban J connectivity index is 2.54. The van der Waals surface area contributed by atoms with E-state index in [-0.39, 0.29) is 21.2 Å². The predicted octanol–water partition coefficient (Wildman–Crippen LogP) is 1.13. The molecule has 0 bridgehead atoms. The molecule has 2 rings (SSSR count). The minimum absolute atomic E-state index is 0.144. The Labute approximate surface area is 109 Å². The molecule has 1 aromatic rings. The van der Waals surface area contributed by atoms with Gasteiger partial charge >= 0.3 is 109 Å². The number of hydrogen-bond acceptors (Lipinski definition) is 0. The van der Waals surface area contributed by atoms with E-state index in [0.717, 1.165) is 0 Å². The van der Waals surface area contributed by atoms with Crippen LogP contribution in [0.2, 0.25) is 0 Å². The molecule has 0 saturated heterocycles. The SMILES string of the molecule is Cc1cc(C)c(C)c(C2C=CC=C[I-]2)c1C. The van der Waals surface area contributed by atoms with E-state index < -0.39 is 0 Å². The van der Waals surface area contributed by atoms with Crippen molar-refractivity contribution in [3.8, 4) is 0 Å². The van der Waals surface area contributed by atoms with Crippen LogP contribution in [-0.2, 0) is 0 Å². The van der Waals surface area contributed by atoms with E-state index in [1.807, 2.05) is 0 Å². The molecule has 0 aliphatic carbocycles. The van der Waals surface area contributed by atoms with Crippen molar-refractivity contribution in [2.24, 2.45) is 0 Å². The summed E-state index contributed by atoms with van der Waals surface area (Å²) in [5.41, 5.74) is 7.45. The molecule has 1 aromatic carbocycles. The Morgan fingerprint density at radius 3 is 2.06 bits per heavy atom. The van der Waals surface area contributed by atoms with Crippen LogP contribution in [0.25, 0.3) is 0 Å².